The molecule has 1 heterocycles. The van der Waals surface area contributed by atoms with Crippen LogP contribution in [0.4, 0.5) is 5.82 Å². The number of methoxy groups -OCH3 is 1. The number of hydrogen-bond donors (Lipinski definition) is 1. The molecular formula is C15H22N4O. The maximum atomic E-state index is 5.84. The van der Waals surface area contributed by atoms with E-state index in [1.54, 1.807) is 7.11 Å². The zero-order valence-corrected chi connectivity index (χ0v) is 12.6. The summed E-state index contributed by atoms with van der Waals surface area (Å²) in [6.45, 7) is 3.27. The first-order valence-electron chi connectivity index (χ1n) is 6.63. The Morgan fingerprint density at radius 2 is 2.15 bits per heavy atom. The van der Waals surface area contributed by atoms with Crippen LogP contribution in [0.15, 0.2) is 24.3 Å². The third-order valence-corrected chi connectivity index (χ3v) is 3.43. The first kappa shape index (κ1) is 14.4. The molecular weight excluding hydrogens is 252 g/mol. The van der Waals surface area contributed by atoms with E-state index < -0.39 is 0 Å². The van der Waals surface area contributed by atoms with Crippen LogP contribution in [0.25, 0.3) is 0 Å². The molecule has 2 rings (SSSR count). The molecule has 5 nitrogen and oxygen atoms in total. The lowest BCUT2D eigenvalue weighted by molar-refractivity contribution is 0.414. The molecule has 0 saturated carbocycles. The van der Waals surface area contributed by atoms with Gasteiger partial charge in [-0.05, 0) is 24.6 Å². The summed E-state index contributed by atoms with van der Waals surface area (Å²) < 4.78 is 7.15. The van der Waals surface area contributed by atoms with Gasteiger partial charge in [-0.2, -0.15) is 5.10 Å². The number of aromatic nitrogens is 2. The highest BCUT2D eigenvalue weighted by Gasteiger charge is 2.15. The predicted octanol–water partition coefficient (Wildman–Crippen LogP) is 1.83. The number of nitrogens with zero attached hydrogens (tertiary/aromatic N) is 3. The summed E-state index contributed by atoms with van der Waals surface area (Å²) in [5, 5.41) is 4.45. The smallest absolute Gasteiger partial charge is 0.131 e. The second kappa shape index (κ2) is 5.96. The molecule has 0 amide bonds. The summed E-state index contributed by atoms with van der Waals surface area (Å²) in [6.07, 6.45) is 0. The fourth-order valence-electron chi connectivity index (χ4n) is 2.53. The molecule has 20 heavy (non-hydrogen) atoms. The Morgan fingerprint density at radius 3 is 2.80 bits per heavy atom. The van der Waals surface area contributed by atoms with E-state index >= 15 is 0 Å². The number of ether oxygens (including phenoxy) is 1. The summed E-state index contributed by atoms with van der Waals surface area (Å²) in [5.41, 5.74) is 9.11. The molecule has 5 heteroatoms. The van der Waals surface area contributed by atoms with Gasteiger partial charge < -0.3 is 15.4 Å². The molecule has 0 saturated heterocycles. The fourth-order valence-corrected chi connectivity index (χ4v) is 2.53. The molecule has 0 aliphatic heterocycles. The van der Waals surface area contributed by atoms with Crippen LogP contribution in [0.2, 0.25) is 0 Å². The van der Waals surface area contributed by atoms with Crippen molar-refractivity contribution in [2.75, 3.05) is 19.1 Å². The van der Waals surface area contributed by atoms with Crippen molar-refractivity contribution in [1.29, 1.82) is 0 Å². The highest BCUT2D eigenvalue weighted by Crippen LogP contribution is 2.24. The Bertz CT molecular complexity index is 592. The highest BCUT2D eigenvalue weighted by atomic mass is 16.5. The number of nitrogens with two attached hydrogens (primary N) is 1. The number of rotatable bonds is 5. The molecule has 0 radical (unpaired) electrons. The predicted molar refractivity (Wildman–Crippen MR) is 80.9 cm³/mol. The molecule has 0 unspecified atom stereocenters. The lowest BCUT2D eigenvalue weighted by atomic mass is 10.2. The van der Waals surface area contributed by atoms with Gasteiger partial charge in [0.15, 0.2) is 0 Å². The van der Waals surface area contributed by atoms with Crippen molar-refractivity contribution in [3.63, 3.8) is 0 Å². The van der Waals surface area contributed by atoms with E-state index in [1.807, 2.05) is 36.9 Å². The Balaban J connectivity index is 2.25. The van der Waals surface area contributed by atoms with Crippen molar-refractivity contribution in [3.05, 3.63) is 41.1 Å². The summed E-state index contributed by atoms with van der Waals surface area (Å²) in [5.74, 6) is 1.93. The fraction of sp³-hybridized carbons (Fsp3) is 0.400. The number of aryl methyl sites for hydroxylation is 2. The van der Waals surface area contributed by atoms with E-state index in [0.29, 0.717) is 6.54 Å². The van der Waals surface area contributed by atoms with Gasteiger partial charge in [0.1, 0.15) is 11.6 Å². The monoisotopic (exact) mass is 274 g/mol. The van der Waals surface area contributed by atoms with Crippen LogP contribution in [-0.2, 0) is 20.1 Å². The van der Waals surface area contributed by atoms with Crippen molar-refractivity contribution >= 4 is 5.82 Å². The first-order chi connectivity index (χ1) is 9.56. The zero-order chi connectivity index (χ0) is 14.7. The van der Waals surface area contributed by atoms with Crippen molar-refractivity contribution in [3.8, 4) is 5.75 Å². The normalized spacial score (nSPS) is 10.7. The minimum atomic E-state index is 0.497. The Labute approximate surface area is 119 Å². The molecule has 1 aromatic heterocycles. The third kappa shape index (κ3) is 2.77. The standard InChI is InChI=1S/C15H22N4O/c1-11-14(9-16)15(19(3)17-11)18(2)10-12-6-5-7-13(8-12)20-4/h5-8H,9-10,16H2,1-4H3. The van der Waals surface area contributed by atoms with Crippen molar-refractivity contribution < 1.29 is 4.74 Å². The molecule has 0 fully saturated rings. The van der Waals surface area contributed by atoms with Crippen molar-refractivity contribution in [2.45, 2.75) is 20.0 Å². The van der Waals surface area contributed by atoms with Crippen molar-refractivity contribution in [1.82, 2.24) is 9.78 Å². The van der Waals surface area contributed by atoms with Crippen LogP contribution < -0.4 is 15.4 Å². The van der Waals surface area contributed by atoms with Crippen LogP contribution >= 0.6 is 0 Å². The lowest BCUT2D eigenvalue weighted by Crippen LogP contribution is -2.21. The van der Waals surface area contributed by atoms with Gasteiger partial charge in [-0.1, -0.05) is 12.1 Å². The van der Waals surface area contributed by atoms with E-state index in [9.17, 15) is 0 Å². The Morgan fingerprint density at radius 1 is 1.40 bits per heavy atom. The molecule has 2 aromatic rings. The Hall–Kier alpha value is -2.01. The molecule has 108 valence electrons. The summed E-state index contributed by atoms with van der Waals surface area (Å²) in [7, 11) is 5.68. The first-order valence-corrected chi connectivity index (χ1v) is 6.63. The number of hydrogen-bond acceptors (Lipinski definition) is 4. The average molecular weight is 274 g/mol. The number of benzene rings is 1. The van der Waals surface area contributed by atoms with Crippen LogP contribution in [0.1, 0.15) is 16.8 Å². The molecule has 0 atom stereocenters. The van der Waals surface area contributed by atoms with E-state index in [1.165, 1.54) is 5.56 Å². The van der Waals surface area contributed by atoms with Crippen LogP contribution in [0.5, 0.6) is 5.75 Å². The maximum Gasteiger partial charge on any atom is 0.131 e. The summed E-state index contributed by atoms with van der Waals surface area (Å²) in [6, 6.07) is 8.08. The van der Waals surface area contributed by atoms with Gasteiger partial charge in [-0.25, -0.2) is 0 Å². The molecule has 0 aliphatic rings. The average Bonchev–Trinajstić information content (AvgIpc) is 2.72. The molecule has 0 bridgehead atoms. The van der Waals surface area contributed by atoms with E-state index in [2.05, 4.69) is 23.1 Å². The molecule has 2 N–H and O–H groups in total. The second-order valence-electron chi connectivity index (χ2n) is 4.92. The van der Waals surface area contributed by atoms with E-state index in [4.69, 9.17) is 10.5 Å². The van der Waals surface area contributed by atoms with Crippen LogP contribution in [0, 0.1) is 6.92 Å². The molecule has 1 aromatic carbocycles. The van der Waals surface area contributed by atoms with Gasteiger partial charge in [-0.3, -0.25) is 4.68 Å². The Kier molecular flexibility index (Phi) is 4.29. The van der Waals surface area contributed by atoms with Gasteiger partial charge >= 0.3 is 0 Å². The lowest BCUT2D eigenvalue weighted by Gasteiger charge is -2.21. The van der Waals surface area contributed by atoms with E-state index in [0.717, 1.165) is 29.4 Å². The third-order valence-electron chi connectivity index (χ3n) is 3.43. The highest BCUT2D eigenvalue weighted by molar-refractivity contribution is 5.50. The van der Waals surface area contributed by atoms with Gasteiger partial charge in [0.25, 0.3) is 0 Å². The van der Waals surface area contributed by atoms with Crippen molar-refractivity contribution in [2.24, 2.45) is 12.8 Å². The summed E-state index contributed by atoms with van der Waals surface area (Å²) >= 11 is 0. The zero-order valence-electron chi connectivity index (χ0n) is 12.6. The minimum absolute atomic E-state index is 0.497. The van der Waals surface area contributed by atoms with Gasteiger partial charge in [-0.15, -0.1) is 0 Å². The largest absolute Gasteiger partial charge is 0.497 e. The topological polar surface area (TPSA) is 56.3 Å². The van der Waals surface area contributed by atoms with Gasteiger partial charge in [0.2, 0.25) is 0 Å². The maximum absolute atomic E-state index is 5.84. The van der Waals surface area contributed by atoms with E-state index in [-0.39, 0.29) is 0 Å². The quantitative estimate of drug-likeness (QED) is 0.904. The minimum Gasteiger partial charge on any atom is -0.497 e. The van der Waals surface area contributed by atoms with Gasteiger partial charge in [0.05, 0.1) is 12.8 Å². The van der Waals surface area contributed by atoms with Crippen LogP contribution in [-0.4, -0.2) is 23.9 Å². The number of anilines is 1. The SMILES string of the molecule is COc1cccc(CN(C)c2c(CN)c(C)nn2C)c1. The molecule has 0 spiro atoms. The second-order valence-corrected chi connectivity index (χ2v) is 4.92. The summed E-state index contributed by atoms with van der Waals surface area (Å²) in [4.78, 5) is 2.16. The van der Waals surface area contributed by atoms with Crippen LogP contribution in [0.3, 0.4) is 0 Å². The van der Waals surface area contributed by atoms with Gasteiger partial charge in [0, 0.05) is 32.7 Å². The molecule has 0 aliphatic carbocycles.